The number of nitrogens with one attached hydrogen (secondary N) is 1. The molecule has 2 atom stereocenters. The van der Waals surface area contributed by atoms with Crippen molar-refractivity contribution in [3.63, 3.8) is 0 Å². The fourth-order valence-corrected chi connectivity index (χ4v) is 4.70. The number of oxazole rings is 1. The number of hydrogen-bond acceptors (Lipinski definition) is 6. The van der Waals surface area contributed by atoms with Gasteiger partial charge in [0, 0.05) is 36.6 Å². The summed E-state index contributed by atoms with van der Waals surface area (Å²) in [5, 5.41) is 3.72. The van der Waals surface area contributed by atoms with Crippen molar-refractivity contribution in [3.05, 3.63) is 71.0 Å². The topological polar surface area (TPSA) is 84.2 Å². The van der Waals surface area contributed by atoms with Crippen molar-refractivity contribution in [2.75, 3.05) is 18.4 Å². The summed E-state index contributed by atoms with van der Waals surface area (Å²) in [7, 11) is 0. The number of piperidine rings is 1. The number of amides is 1. The minimum atomic E-state index is -0.885. The summed E-state index contributed by atoms with van der Waals surface area (Å²) in [4.78, 5) is 27.9. The lowest BCUT2D eigenvalue weighted by molar-refractivity contribution is 0.0539. The molecule has 1 aliphatic heterocycles. The average Bonchev–Trinajstić information content (AvgIpc) is 3.24. The summed E-state index contributed by atoms with van der Waals surface area (Å²) in [5.74, 6) is -2.04. The number of benzene rings is 2. The second-order valence-corrected chi connectivity index (χ2v) is 9.02. The maximum absolute atomic E-state index is 14.9. The molecule has 0 bridgehead atoms. The number of nitrogens with zero attached hydrogens (tertiary/aromatic N) is 4. The van der Waals surface area contributed by atoms with Crippen molar-refractivity contribution >= 4 is 34.6 Å². The van der Waals surface area contributed by atoms with Crippen molar-refractivity contribution in [1.82, 2.24) is 19.9 Å². The zero-order valence-electron chi connectivity index (χ0n) is 18.8. The fraction of sp³-hybridized carbons (Fsp3) is 0.280. The van der Waals surface area contributed by atoms with E-state index in [1.165, 1.54) is 12.4 Å². The number of carbonyl (C=O) groups is 1. The molecule has 2 aromatic heterocycles. The lowest BCUT2D eigenvalue weighted by Crippen LogP contribution is -2.51. The number of aromatic nitrogens is 3. The maximum atomic E-state index is 14.9. The summed E-state index contributed by atoms with van der Waals surface area (Å²) < 4.78 is 34.8. The quantitative estimate of drug-likeness (QED) is 0.388. The van der Waals surface area contributed by atoms with Crippen molar-refractivity contribution in [2.45, 2.75) is 25.8 Å². The number of fused-ring (bicyclic) bond motifs is 1. The Balaban J connectivity index is 1.44. The molecule has 1 fully saturated rings. The van der Waals surface area contributed by atoms with Gasteiger partial charge in [-0.05, 0) is 49.1 Å². The van der Waals surface area contributed by atoms with E-state index in [0.29, 0.717) is 35.2 Å². The first-order valence-corrected chi connectivity index (χ1v) is 11.7. The predicted octanol–water partition coefficient (Wildman–Crippen LogP) is 5.57. The molecule has 1 amide bonds. The molecule has 3 heterocycles. The van der Waals surface area contributed by atoms with Gasteiger partial charge in [-0.25, -0.2) is 18.7 Å². The minimum Gasteiger partial charge on any atom is -0.424 e. The predicted molar refractivity (Wildman–Crippen MR) is 128 cm³/mol. The molecule has 5 rings (SSSR count). The number of rotatable bonds is 5. The molecule has 1 aliphatic rings. The summed E-state index contributed by atoms with van der Waals surface area (Å²) in [6.07, 6.45) is 4.58. The highest BCUT2D eigenvalue weighted by molar-refractivity contribution is 6.31. The second-order valence-electron chi connectivity index (χ2n) is 8.58. The van der Waals surface area contributed by atoms with E-state index in [4.69, 9.17) is 16.0 Å². The molecule has 0 radical (unpaired) electrons. The number of anilines is 1. The highest BCUT2D eigenvalue weighted by atomic mass is 35.5. The summed E-state index contributed by atoms with van der Waals surface area (Å²) in [6, 6.07) is 8.57. The Bertz CT molecular complexity index is 1380. The third-order valence-corrected chi connectivity index (χ3v) is 6.50. The number of halogens is 3. The molecule has 1 N–H and O–H groups in total. The second kappa shape index (κ2) is 9.58. The SMILES string of the molecule is C[C@@H]1CCCN(C(=O)c2cc(F)cc(F)c2-c2ncccn2)[C@@H]1CNc1nc2cc(Cl)ccc2o1. The molecular formula is C25H22ClF2N5O2. The van der Waals surface area contributed by atoms with Gasteiger partial charge in [0.1, 0.15) is 17.2 Å². The van der Waals surface area contributed by atoms with Gasteiger partial charge >= 0.3 is 0 Å². The van der Waals surface area contributed by atoms with Crippen molar-refractivity contribution in [3.8, 4) is 11.4 Å². The van der Waals surface area contributed by atoms with Gasteiger partial charge in [-0.2, -0.15) is 4.98 Å². The van der Waals surface area contributed by atoms with Crippen molar-refractivity contribution in [1.29, 1.82) is 0 Å². The van der Waals surface area contributed by atoms with Gasteiger partial charge in [0.15, 0.2) is 11.4 Å². The monoisotopic (exact) mass is 497 g/mol. The van der Waals surface area contributed by atoms with E-state index in [1.54, 1.807) is 29.2 Å². The van der Waals surface area contributed by atoms with E-state index >= 15 is 0 Å². The molecule has 1 saturated heterocycles. The Labute approximate surface area is 205 Å². The van der Waals surface area contributed by atoms with E-state index in [-0.39, 0.29) is 28.9 Å². The van der Waals surface area contributed by atoms with Crippen LogP contribution in [0, 0.1) is 17.6 Å². The number of hydrogen-bond donors (Lipinski definition) is 1. The summed E-state index contributed by atoms with van der Waals surface area (Å²) in [6.45, 7) is 2.85. The molecule has 7 nitrogen and oxygen atoms in total. The minimum absolute atomic E-state index is 0.0261. The highest BCUT2D eigenvalue weighted by Gasteiger charge is 2.34. The summed E-state index contributed by atoms with van der Waals surface area (Å²) >= 11 is 6.03. The third-order valence-electron chi connectivity index (χ3n) is 6.26. The van der Waals surface area contributed by atoms with Crippen LogP contribution in [0.25, 0.3) is 22.5 Å². The van der Waals surface area contributed by atoms with Crippen LogP contribution in [0.2, 0.25) is 5.02 Å². The average molecular weight is 498 g/mol. The Hall–Kier alpha value is -3.59. The van der Waals surface area contributed by atoms with Crippen LogP contribution in [0.4, 0.5) is 14.8 Å². The molecule has 180 valence electrons. The molecular weight excluding hydrogens is 476 g/mol. The molecule has 35 heavy (non-hydrogen) atoms. The van der Waals surface area contributed by atoms with Crippen LogP contribution in [-0.4, -0.2) is 44.9 Å². The van der Waals surface area contributed by atoms with Crippen LogP contribution in [-0.2, 0) is 0 Å². The van der Waals surface area contributed by atoms with Gasteiger partial charge in [0.05, 0.1) is 17.2 Å². The third kappa shape index (κ3) is 4.68. The molecule has 4 aromatic rings. The lowest BCUT2D eigenvalue weighted by atomic mass is 9.89. The van der Waals surface area contributed by atoms with Gasteiger partial charge < -0.3 is 14.6 Å². The fourth-order valence-electron chi connectivity index (χ4n) is 4.53. The molecule has 0 spiro atoms. The molecule has 2 aromatic carbocycles. The Morgan fingerprint density at radius 1 is 1.23 bits per heavy atom. The lowest BCUT2D eigenvalue weighted by Gasteiger charge is -2.40. The first-order valence-electron chi connectivity index (χ1n) is 11.3. The first kappa shape index (κ1) is 23.2. The Morgan fingerprint density at radius 3 is 2.83 bits per heavy atom. The summed E-state index contributed by atoms with van der Waals surface area (Å²) in [5.41, 5.74) is 0.985. The van der Waals surface area contributed by atoms with Crippen LogP contribution in [0.15, 0.2) is 53.2 Å². The van der Waals surface area contributed by atoms with E-state index in [1.807, 2.05) is 6.92 Å². The van der Waals surface area contributed by atoms with Crippen molar-refractivity contribution in [2.24, 2.45) is 5.92 Å². The standard InChI is InChI=1S/C25H22ClF2N5O2/c1-14-4-2-9-33(20(14)13-31-25-32-19-10-15(26)5-6-21(19)35-25)24(34)17-11-16(27)12-18(28)22(17)23-29-7-3-8-30-23/h3,5-8,10-12,14,20H,2,4,9,13H2,1H3,(H,31,32)/t14-,20-/m1/s1. The van der Waals surface area contributed by atoms with E-state index < -0.39 is 17.5 Å². The normalized spacial score (nSPS) is 18.1. The maximum Gasteiger partial charge on any atom is 0.295 e. The van der Waals surface area contributed by atoms with Gasteiger partial charge in [-0.15, -0.1) is 0 Å². The molecule has 0 aliphatic carbocycles. The van der Waals surface area contributed by atoms with Crippen molar-refractivity contribution < 1.29 is 18.0 Å². The van der Waals surface area contributed by atoms with Crippen LogP contribution in [0.1, 0.15) is 30.1 Å². The van der Waals surface area contributed by atoms with Gasteiger partial charge in [-0.3, -0.25) is 4.79 Å². The zero-order valence-corrected chi connectivity index (χ0v) is 19.6. The van der Waals surface area contributed by atoms with E-state index in [2.05, 4.69) is 20.3 Å². The Kier molecular flexibility index (Phi) is 6.34. The highest BCUT2D eigenvalue weighted by Crippen LogP contribution is 2.31. The number of carbonyl (C=O) groups excluding carboxylic acids is 1. The van der Waals surface area contributed by atoms with Crippen LogP contribution in [0.5, 0.6) is 0 Å². The number of likely N-dealkylation sites (tertiary alicyclic amines) is 1. The molecule has 0 saturated carbocycles. The molecule has 10 heteroatoms. The van der Waals surface area contributed by atoms with Gasteiger partial charge in [0.2, 0.25) is 0 Å². The van der Waals surface area contributed by atoms with Gasteiger partial charge in [-0.1, -0.05) is 18.5 Å². The van der Waals surface area contributed by atoms with Crippen LogP contribution < -0.4 is 5.32 Å². The molecule has 0 unspecified atom stereocenters. The zero-order chi connectivity index (χ0) is 24.5. The van der Waals surface area contributed by atoms with Crippen LogP contribution >= 0.6 is 11.6 Å². The first-order chi connectivity index (χ1) is 16.9. The smallest absolute Gasteiger partial charge is 0.295 e. The largest absolute Gasteiger partial charge is 0.424 e. The van der Waals surface area contributed by atoms with Crippen LogP contribution in [0.3, 0.4) is 0 Å². The van der Waals surface area contributed by atoms with E-state index in [0.717, 1.165) is 25.0 Å². The Morgan fingerprint density at radius 2 is 2.03 bits per heavy atom. The van der Waals surface area contributed by atoms with E-state index in [9.17, 15) is 13.6 Å². The van der Waals surface area contributed by atoms with Gasteiger partial charge in [0.25, 0.3) is 11.9 Å².